The van der Waals surface area contributed by atoms with E-state index in [0.717, 1.165) is 16.3 Å². The van der Waals surface area contributed by atoms with Crippen LogP contribution in [0.25, 0.3) is 0 Å². The molecule has 0 atom stereocenters. The van der Waals surface area contributed by atoms with Gasteiger partial charge in [-0.1, -0.05) is 37.3 Å². The molecule has 3 aromatic carbocycles. The summed E-state index contributed by atoms with van der Waals surface area (Å²) >= 11 is 0. The highest BCUT2D eigenvalue weighted by atomic mass is 32.2. The molecule has 0 radical (unpaired) electrons. The quantitative estimate of drug-likeness (QED) is 0.396. The van der Waals surface area contributed by atoms with Crippen molar-refractivity contribution >= 4 is 37.3 Å². The van der Waals surface area contributed by atoms with Crippen molar-refractivity contribution in [1.29, 1.82) is 0 Å². The zero-order valence-corrected chi connectivity index (χ0v) is 23.4. The van der Waals surface area contributed by atoms with Crippen LogP contribution in [0.1, 0.15) is 12.5 Å². The van der Waals surface area contributed by atoms with Crippen molar-refractivity contribution < 1.29 is 31.1 Å². The Morgan fingerprint density at radius 3 is 2.23 bits per heavy atom. The lowest BCUT2D eigenvalue weighted by molar-refractivity contribution is -0.114. The summed E-state index contributed by atoms with van der Waals surface area (Å²) in [5.41, 5.74) is 1.44. The predicted molar refractivity (Wildman–Crippen MR) is 148 cm³/mol. The van der Waals surface area contributed by atoms with Crippen LogP contribution >= 0.6 is 0 Å². The third-order valence-corrected chi connectivity index (χ3v) is 9.99. The molecular formula is C27H31N3O7S2. The number of benzene rings is 3. The largest absolute Gasteiger partial charge is 0.495 e. The van der Waals surface area contributed by atoms with E-state index in [9.17, 15) is 21.6 Å². The van der Waals surface area contributed by atoms with Crippen LogP contribution in [-0.4, -0.2) is 67.0 Å². The van der Waals surface area contributed by atoms with Crippen molar-refractivity contribution in [2.24, 2.45) is 0 Å². The smallest absolute Gasteiger partial charge is 0.264 e. The summed E-state index contributed by atoms with van der Waals surface area (Å²) in [4.78, 5) is 13.3. The van der Waals surface area contributed by atoms with E-state index in [1.165, 1.54) is 41.7 Å². The number of aryl methyl sites for hydroxylation is 1. The molecule has 12 heteroatoms. The number of carbonyl (C=O) groups is 1. The Morgan fingerprint density at radius 1 is 0.949 bits per heavy atom. The van der Waals surface area contributed by atoms with E-state index in [2.05, 4.69) is 5.32 Å². The van der Waals surface area contributed by atoms with Gasteiger partial charge in [-0.3, -0.25) is 9.10 Å². The van der Waals surface area contributed by atoms with Crippen molar-refractivity contribution in [3.8, 4) is 5.75 Å². The minimum absolute atomic E-state index is 0.0237. The molecule has 3 aromatic rings. The SMILES string of the molecule is CCc1ccc(N(CC(=O)Nc2cc(S(=O)(=O)N3CCOCC3)ccc2OC)S(=O)(=O)c2ccccc2)cc1. The molecular weight excluding hydrogens is 542 g/mol. The van der Waals surface area contributed by atoms with Gasteiger partial charge in [-0.05, 0) is 54.4 Å². The number of anilines is 2. The standard InChI is InChI=1S/C27H31N3O7S2/c1-3-21-9-11-22(12-10-21)30(39(34,35)23-7-5-4-6-8-23)20-27(31)28-25-19-24(13-14-26(25)36-2)38(32,33)29-15-17-37-18-16-29/h4-14,19H,3,15-18,20H2,1-2H3,(H,28,31). The van der Waals surface area contributed by atoms with Crippen LogP contribution < -0.4 is 14.4 Å². The molecule has 1 aliphatic heterocycles. The Morgan fingerprint density at radius 2 is 1.62 bits per heavy atom. The Kier molecular flexibility index (Phi) is 8.90. The summed E-state index contributed by atoms with van der Waals surface area (Å²) in [7, 11) is -6.54. The van der Waals surface area contributed by atoms with E-state index in [1.807, 2.05) is 19.1 Å². The molecule has 0 aromatic heterocycles. The van der Waals surface area contributed by atoms with Crippen LogP contribution in [0.5, 0.6) is 5.75 Å². The number of ether oxygens (including phenoxy) is 2. The first-order valence-electron chi connectivity index (χ1n) is 12.4. The molecule has 1 fully saturated rings. The summed E-state index contributed by atoms with van der Waals surface area (Å²) < 4.78 is 66.4. The van der Waals surface area contributed by atoms with Gasteiger partial charge in [0.15, 0.2) is 0 Å². The van der Waals surface area contributed by atoms with Crippen molar-refractivity contribution in [2.75, 3.05) is 49.6 Å². The van der Waals surface area contributed by atoms with Crippen molar-refractivity contribution in [1.82, 2.24) is 4.31 Å². The third kappa shape index (κ3) is 6.41. The van der Waals surface area contributed by atoms with E-state index in [4.69, 9.17) is 9.47 Å². The van der Waals surface area contributed by atoms with Gasteiger partial charge >= 0.3 is 0 Å². The minimum atomic E-state index is -4.10. The van der Waals surface area contributed by atoms with Crippen molar-refractivity contribution in [3.63, 3.8) is 0 Å². The Hall–Kier alpha value is -3.45. The molecule has 208 valence electrons. The van der Waals surface area contributed by atoms with Gasteiger partial charge in [-0.15, -0.1) is 0 Å². The van der Waals surface area contributed by atoms with Gasteiger partial charge in [0.05, 0.1) is 41.5 Å². The number of nitrogens with one attached hydrogen (secondary N) is 1. The lowest BCUT2D eigenvalue weighted by Crippen LogP contribution is -2.40. The molecule has 0 saturated carbocycles. The van der Waals surface area contributed by atoms with Crippen LogP contribution in [0.15, 0.2) is 82.6 Å². The number of sulfonamides is 2. The van der Waals surface area contributed by atoms with E-state index in [1.54, 1.807) is 30.3 Å². The van der Waals surface area contributed by atoms with Crippen LogP contribution in [0.3, 0.4) is 0 Å². The number of hydrogen-bond acceptors (Lipinski definition) is 7. The molecule has 39 heavy (non-hydrogen) atoms. The number of rotatable bonds is 10. The highest BCUT2D eigenvalue weighted by molar-refractivity contribution is 7.92. The molecule has 1 heterocycles. The van der Waals surface area contributed by atoms with Gasteiger partial charge in [0.2, 0.25) is 15.9 Å². The van der Waals surface area contributed by atoms with Crippen LogP contribution in [0.4, 0.5) is 11.4 Å². The molecule has 0 bridgehead atoms. The summed E-state index contributed by atoms with van der Waals surface area (Å²) in [5, 5.41) is 2.65. The molecule has 0 spiro atoms. The normalized spacial score (nSPS) is 14.5. The van der Waals surface area contributed by atoms with Gasteiger partial charge in [-0.2, -0.15) is 4.31 Å². The van der Waals surface area contributed by atoms with Gasteiger partial charge in [-0.25, -0.2) is 16.8 Å². The highest BCUT2D eigenvalue weighted by Crippen LogP contribution is 2.30. The zero-order chi connectivity index (χ0) is 28.0. The lowest BCUT2D eigenvalue weighted by Gasteiger charge is -2.26. The van der Waals surface area contributed by atoms with Crippen molar-refractivity contribution in [2.45, 2.75) is 23.1 Å². The topological polar surface area (TPSA) is 122 Å². The molecule has 4 rings (SSSR count). The summed E-state index contributed by atoms with van der Waals surface area (Å²) in [6.45, 7) is 2.47. The average molecular weight is 574 g/mol. The third-order valence-electron chi connectivity index (χ3n) is 6.30. The van der Waals surface area contributed by atoms with Crippen LogP contribution in [0.2, 0.25) is 0 Å². The first-order chi connectivity index (χ1) is 18.7. The summed E-state index contributed by atoms with van der Waals surface area (Å²) in [5.74, 6) is -0.442. The molecule has 10 nitrogen and oxygen atoms in total. The molecule has 1 saturated heterocycles. The fourth-order valence-electron chi connectivity index (χ4n) is 4.13. The van der Waals surface area contributed by atoms with Gasteiger partial charge < -0.3 is 14.8 Å². The minimum Gasteiger partial charge on any atom is -0.495 e. The average Bonchev–Trinajstić information content (AvgIpc) is 2.96. The Bertz CT molecular complexity index is 1500. The Labute approximate surface area is 229 Å². The molecule has 0 unspecified atom stereocenters. The van der Waals surface area contributed by atoms with Gasteiger partial charge in [0.1, 0.15) is 12.3 Å². The molecule has 1 amide bonds. The first kappa shape index (κ1) is 28.6. The zero-order valence-electron chi connectivity index (χ0n) is 21.7. The Balaban J connectivity index is 1.64. The second-order valence-corrected chi connectivity index (χ2v) is 12.6. The lowest BCUT2D eigenvalue weighted by atomic mass is 10.1. The van der Waals surface area contributed by atoms with Gasteiger partial charge in [0.25, 0.3) is 10.0 Å². The number of hydrogen-bond donors (Lipinski definition) is 1. The van der Waals surface area contributed by atoms with E-state index in [-0.39, 0.29) is 34.3 Å². The predicted octanol–water partition coefficient (Wildman–Crippen LogP) is 3.11. The van der Waals surface area contributed by atoms with Crippen LogP contribution in [0, 0.1) is 0 Å². The van der Waals surface area contributed by atoms with E-state index in [0.29, 0.717) is 18.9 Å². The van der Waals surface area contributed by atoms with E-state index >= 15 is 0 Å². The molecule has 0 aliphatic carbocycles. The van der Waals surface area contributed by atoms with E-state index < -0.39 is 32.5 Å². The number of nitrogens with zero attached hydrogens (tertiary/aromatic N) is 2. The monoisotopic (exact) mass is 573 g/mol. The number of carbonyl (C=O) groups excluding carboxylic acids is 1. The number of amides is 1. The van der Waals surface area contributed by atoms with Gasteiger partial charge in [0, 0.05) is 13.1 Å². The highest BCUT2D eigenvalue weighted by Gasteiger charge is 2.29. The maximum absolute atomic E-state index is 13.6. The summed E-state index contributed by atoms with van der Waals surface area (Å²) in [6.07, 6.45) is 0.774. The number of morpholine rings is 1. The summed E-state index contributed by atoms with van der Waals surface area (Å²) in [6, 6.07) is 18.9. The second kappa shape index (κ2) is 12.2. The fraction of sp³-hybridized carbons (Fsp3) is 0.296. The second-order valence-electron chi connectivity index (χ2n) is 8.77. The van der Waals surface area contributed by atoms with Crippen molar-refractivity contribution in [3.05, 3.63) is 78.4 Å². The maximum atomic E-state index is 13.6. The first-order valence-corrected chi connectivity index (χ1v) is 15.3. The maximum Gasteiger partial charge on any atom is 0.264 e. The number of methoxy groups -OCH3 is 1. The molecule has 1 N–H and O–H groups in total. The molecule has 1 aliphatic rings. The van der Waals surface area contributed by atoms with Crippen LogP contribution in [-0.2, 0) is 36.0 Å². The fourth-order valence-corrected chi connectivity index (χ4v) is 7.01.